The molecule has 0 aromatic heterocycles. The molecule has 35 heavy (non-hydrogen) atoms. The molecule has 3 aliphatic rings. The minimum Gasteiger partial charge on any atom is -0.496 e. The molecular weight excluding hydrogens is 514 g/mol. The van der Waals surface area contributed by atoms with Crippen LogP contribution in [-0.4, -0.2) is 32.4 Å². The van der Waals surface area contributed by atoms with Gasteiger partial charge in [-0.2, -0.15) is 0 Å². The summed E-state index contributed by atoms with van der Waals surface area (Å²) in [5.41, 5.74) is 4.48. The summed E-state index contributed by atoms with van der Waals surface area (Å²) in [5, 5.41) is 5.98. The number of carbonyl (C=O) groups excluding carboxylic acids is 2. The number of ether oxygens (including phenoxy) is 3. The highest BCUT2D eigenvalue weighted by Crippen LogP contribution is 2.42. The van der Waals surface area contributed by atoms with Crippen LogP contribution in [0.15, 0.2) is 70.7 Å². The number of fused-ring (bicyclic) bond motifs is 3. The van der Waals surface area contributed by atoms with E-state index in [1.165, 1.54) is 0 Å². The Kier molecular flexibility index (Phi) is 5.14. The minimum atomic E-state index is -0.429. The van der Waals surface area contributed by atoms with Crippen LogP contribution in [0, 0.1) is 0 Å². The third-order valence-corrected chi connectivity index (χ3v) is 6.97. The quantitative estimate of drug-likeness (QED) is 0.513. The summed E-state index contributed by atoms with van der Waals surface area (Å²) in [6.07, 6.45) is 0. The first kappa shape index (κ1) is 21.5. The van der Waals surface area contributed by atoms with Gasteiger partial charge < -0.3 is 29.7 Å². The second-order valence-electron chi connectivity index (χ2n) is 8.30. The molecule has 0 radical (unpaired) electrons. The van der Waals surface area contributed by atoms with Crippen LogP contribution in [0.3, 0.4) is 0 Å². The summed E-state index contributed by atoms with van der Waals surface area (Å²) in [6.45, 7) is 0.432. The van der Waals surface area contributed by atoms with Gasteiger partial charge in [0.15, 0.2) is 11.5 Å². The van der Waals surface area contributed by atoms with Crippen LogP contribution in [0.1, 0.15) is 27.5 Å². The first-order valence-electron chi connectivity index (χ1n) is 11.0. The molecular formula is C26H20BrN3O5. The van der Waals surface area contributed by atoms with E-state index in [1.54, 1.807) is 30.2 Å². The third kappa shape index (κ3) is 3.59. The van der Waals surface area contributed by atoms with Crippen LogP contribution in [0.5, 0.6) is 17.2 Å². The number of nitrogens with zero attached hydrogens (tertiary/aromatic N) is 1. The van der Waals surface area contributed by atoms with Crippen molar-refractivity contribution < 1.29 is 23.8 Å². The maximum absolute atomic E-state index is 13.8. The molecule has 1 atom stereocenters. The summed E-state index contributed by atoms with van der Waals surface area (Å²) in [4.78, 5) is 28.2. The number of hydrogen-bond donors (Lipinski definition) is 2. The van der Waals surface area contributed by atoms with Crippen LogP contribution in [0.4, 0.5) is 10.5 Å². The molecule has 176 valence electrons. The number of anilines is 1. The second-order valence-corrected chi connectivity index (χ2v) is 9.16. The molecule has 0 saturated heterocycles. The zero-order valence-corrected chi connectivity index (χ0v) is 20.2. The summed E-state index contributed by atoms with van der Waals surface area (Å²) >= 11 is 3.54. The lowest BCUT2D eigenvalue weighted by Crippen LogP contribution is -2.49. The van der Waals surface area contributed by atoms with Gasteiger partial charge in [0.2, 0.25) is 6.79 Å². The highest BCUT2D eigenvalue weighted by molar-refractivity contribution is 9.10. The Morgan fingerprint density at radius 1 is 1.09 bits per heavy atom. The average molecular weight is 534 g/mol. The molecule has 0 saturated carbocycles. The number of methoxy groups -OCH3 is 1. The Morgan fingerprint density at radius 3 is 2.74 bits per heavy atom. The van der Waals surface area contributed by atoms with E-state index in [0.717, 1.165) is 32.6 Å². The number of para-hydroxylation sites is 1. The van der Waals surface area contributed by atoms with Crippen molar-refractivity contribution in [2.45, 2.75) is 6.04 Å². The van der Waals surface area contributed by atoms with E-state index in [1.807, 2.05) is 42.5 Å². The molecule has 0 spiro atoms. The monoisotopic (exact) mass is 533 g/mol. The third-order valence-electron chi connectivity index (χ3n) is 6.35. The Labute approximate surface area is 209 Å². The van der Waals surface area contributed by atoms with Crippen LogP contribution >= 0.6 is 15.9 Å². The maximum atomic E-state index is 13.8. The van der Waals surface area contributed by atoms with E-state index in [9.17, 15) is 9.59 Å². The van der Waals surface area contributed by atoms with Gasteiger partial charge >= 0.3 is 6.03 Å². The Bertz CT molecular complexity index is 1420. The Morgan fingerprint density at radius 2 is 1.91 bits per heavy atom. The van der Waals surface area contributed by atoms with Crippen molar-refractivity contribution in [1.82, 2.24) is 10.6 Å². The van der Waals surface area contributed by atoms with Gasteiger partial charge in [-0.15, -0.1) is 0 Å². The van der Waals surface area contributed by atoms with Crippen molar-refractivity contribution in [2.24, 2.45) is 0 Å². The van der Waals surface area contributed by atoms with Gasteiger partial charge in [-0.25, -0.2) is 4.79 Å². The van der Waals surface area contributed by atoms with Crippen molar-refractivity contribution in [3.8, 4) is 17.2 Å². The topological polar surface area (TPSA) is 89.1 Å². The number of hydrogen-bond acceptors (Lipinski definition) is 5. The Balaban J connectivity index is 1.44. The van der Waals surface area contributed by atoms with Crippen LogP contribution in [0.25, 0.3) is 5.70 Å². The fourth-order valence-corrected chi connectivity index (χ4v) is 5.25. The van der Waals surface area contributed by atoms with Crippen LogP contribution in [-0.2, 0) is 0 Å². The summed E-state index contributed by atoms with van der Waals surface area (Å²) < 4.78 is 17.0. The lowest BCUT2D eigenvalue weighted by Gasteiger charge is -2.39. The molecule has 2 N–H and O–H groups in total. The molecule has 0 fully saturated rings. The van der Waals surface area contributed by atoms with Gasteiger partial charge in [0.05, 0.1) is 35.6 Å². The molecule has 3 aromatic carbocycles. The largest absolute Gasteiger partial charge is 0.496 e. The number of halogens is 1. The SMILES string of the molecule is COc1ccc(C2NC(=O)NC3=C2CN(C(=O)c2ccc4c(c2)OCO4)c2ccccc23)cc1Br. The van der Waals surface area contributed by atoms with Crippen LogP contribution < -0.4 is 29.7 Å². The molecule has 1 unspecified atom stereocenters. The summed E-state index contributed by atoms with van der Waals surface area (Å²) in [5.74, 6) is 1.69. The van der Waals surface area contributed by atoms with Crippen molar-refractivity contribution in [2.75, 3.05) is 25.3 Å². The Hall–Kier alpha value is -3.98. The predicted octanol–water partition coefficient (Wildman–Crippen LogP) is 4.61. The van der Waals surface area contributed by atoms with Crippen molar-refractivity contribution in [1.29, 1.82) is 0 Å². The average Bonchev–Trinajstić information content (AvgIpc) is 3.35. The van der Waals surface area contributed by atoms with Gasteiger partial charge in [0.25, 0.3) is 5.91 Å². The minimum absolute atomic E-state index is 0.139. The summed E-state index contributed by atoms with van der Waals surface area (Å²) in [6, 6.07) is 17.7. The molecule has 3 aromatic rings. The van der Waals surface area contributed by atoms with Crippen LogP contribution in [0.2, 0.25) is 0 Å². The zero-order chi connectivity index (χ0) is 24.1. The van der Waals surface area contributed by atoms with E-state index in [-0.39, 0.29) is 18.7 Å². The standard InChI is InChI=1S/C26H20BrN3O5/c1-33-20-8-6-14(10-18(20)27)23-17-12-30(25(31)15-7-9-21-22(11-15)35-13-34-21)19-5-3-2-4-16(19)24(17)29-26(32)28-23/h2-11,23H,12-13H2,1H3,(H2,28,29,32). The number of nitrogens with one attached hydrogen (secondary N) is 2. The molecule has 0 aliphatic carbocycles. The highest BCUT2D eigenvalue weighted by Gasteiger charge is 2.37. The summed E-state index contributed by atoms with van der Waals surface area (Å²) in [7, 11) is 1.60. The van der Waals surface area contributed by atoms with Gasteiger partial charge in [-0.1, -0.05) is 24.3 Å². The van der Waals surface area contributed by atoms with E-state index >= 15 is 0 Å². The normalized spacial score (nSPS) is 17.8. The molecule has 8 nitrogen and oxygen atoms in total. The predicted molar refractivity (Wildman–Crippen MR) is 133 cm³/mol. The lowest BCUT2D eigenvalue weighted by atomic mass is 9.88. The van der Waals surface area contributed by atoms with Gasteiger partial charge in [0.1, 0.15) is 5.75 Å². The fraction of sp³-hybridized carbons (Fsp3) is 0.154. The highest BCUT2D eigenvalue weighted by atomic mass is 79.9. The number of rotatable bonds is 3. The molecule has 3 aliphatic heterocycles. The number of carbonyl (C=O) groups is 2. The molecule has 6 rings (SSSR count). The van der Waals surface area contributed by atoms with Crippen molar-refractivity contribution in [3.05, 3.63) is 87.4 Å². The van der Waals surface area contributed by atoms with Gasteiger partial charge in [-0.3, -0.25) is 4.79 Å². The maximum Gasteiger partial charge on any atom is 0.320 e. The molecule has 3 amide bonds. The molecule has 3 heterocycles. The number of benzene rings is 3. The number of amides is 3. The molecule has 0 bridgehead atoms. The van der Waals surface area contributed by atoms with Crippen molar-refractivity contribution in [3.63, 3.8) is 0 Å². The smallest absolute Gasteiger partial charge is 0.320 e. The first-order chi connectivity index (χ1) is 17.0. The lowest BCUT2D eigenvalue weighted by molar-refractivity contribution is 0.0988. The zero-order valence-electron chi connectivity index (χ0n) is 18.6. The van der Waals surface area contributed by atoms with E-state index in [2.05, 4.69) is 26.6 Å². The van der Waals surface area contributed by atoms with Gasteiger partial charge in [-0.05, 0) is 57.9 Å². The van der Waals surface area contributed by atoms with Gasteiger partial charge in [0, 0.05) is 16.7 Å². The molecule has 9 heteroatoms. The second kappa shape index (κ2) is 8.35. The van der Waals surface area contributed by atoms with E-state index < -0.39 is 6.04 Å². The first-order valence-corrected chi connectivity index (χ1v) is 11.8. The van der Waals surface area contributed by atoms with E-state index in [0.29, 0.717) is 29.4 Å². The van der Waals surface area contributed by atoms with Crippen molar-refractivity contribution >= 4 is 39.3 Å². The van der Waals surface area contributed by atoms with E-state index in [4.69, 9.17) is 14.2 Å². The number of urea groups is 1. The fourth-order valence-electron chi connectivity index (χ4n) is 4.69.